The number of hydrogen-bond donors (Lipinski definition) is 1. The summed E-state index contributed by atoms with van der Waals surface area (Å²) in [5.74, 6) is -0.0393. The third-order valence-corrected chi connectivity index (χ3v) is 4.54. The monoisotopic (exact) mass is 375 g/mol. The molecule has 1 unspecified atom stereocenters. The molecule has 2 amide bonds. The smallest absolute Gasteiger partial charge is 0.408 e. The van der Waals surface area contributed by atoms with Crippen LogP contribution in [-0.2, 0) is 16.1 Å². The molecular formula is C21H33N3O3. The summed E-state index contributed by atoms with van der Waals surface area (Å²) in [6, 6.07) is 9.79. The molecule has 27 heavy (non-hydrogen) atoms. The van der Waals surface area contributed by atoms with Gasteiger partial charge in [-0.05, 0) is 32.3 Å². The zero-order valence-corrected chi connectivity index (χ0v) is 17.2. The lowest BCUT2D eigenvalue weighted by atomic mass is 10.0. The number of benzene rings is 1. The first-order valence-corrected chi connectivity index (χ1v) is 9.70. The molecule has 1 atom stereocenters. The number of nitrogens with zero attached hydrogens (tertiary/aromatic N) is 2. The average Bonchev–Trinajstić information content (AvgIpc) is 2.59. The van der Waals surface area contributed by atoms with Crippen molar-refractivity contribution in [3.63, 3.8) is 0 Å². The van der Waals surface area contributed by atoms with Gasteiger partial charge in [0.05, 0.1) is 0 Å². The van der Waals surface area contributed by atoms with E-state index in [-0.39, 0.29) is 11.8 Å². The van der Waals surface area contributed by atoms with Gasteiger partial charge in [0.25, 0.3) is 0 Å². The summed E-state index contributed by atoms with van der Waals surface area (Å²) >= 11 is 0. The largest absolute Gasteiger partial charge is 0.444 e. The fraction of sp³-hybridized carbons (Fsp3) is 0.619. The Labute approximate surface area is 162 Å². The van der Waals surface area contributed by atoms with Gasteiger partial charge < -0.3 is 15.0 Å². The van der Waals surface area contributed by atoms with E-state index in [1.807, 2.05) is 57.7 Å². The van der Waals surface area contributed by atoms with Crippen molar-refractivity contribution in [3.05, 3.63) is 35.9 Å². The predicted molar refractivity (Wildman–Crippen MR) is 106 cm³/mol. The molecule has 1 N–H and O–H groups in total. The van der Waals surface area contributed by atoms with Crippen LogP contribution in [0.3, 0.4) is 0 Å². The van der Waals surface area contributed by atoms with Crippen LogP contribution < -0.4 is 5.32 Å². The van der Waals surface area contributed by atoms with Gasteiger partial charge >= 0.3 is 6.09 Å². The van der Waals surface area contributed by atoms with E-state index >= 15 is 0 Å². The fourth-order valence-electron chi connectivity index (χ4n) is 3.11. The van der Waals surface area contributed by atoms with E-state index in [0.29, 0.717) is 13.1 Å². The van der Waals surface area contributed by atoms with Crippen molar-refractivity contribution in [2.45, 2.75) is 52.8 Å². The van der Waals surface area contributed by atoms with Crippen LogP contribution in [-0.4, -0.2) is 59.6 Å². The maximum absolute atomic E-state index is 12.9. The van der Waals surface area contributed by atoms with E-state index in [0.717, 1.165) is 19.6 Å². The molecule has 1 saturated heterocycles. The molecule has 1 aromatic carbocycles. The highest BCUT2D eigenvalue weighted by Crippen LogP contribution is 2.13. The lowest BCUT2D eigenvalue weighted by Crippen LogP contribution is -2.56. The van der Waals surface area contributed by atoms with Crippen LogP contribution in [0.15, 0.2) is 30.3 Å². The van der Waals surface area contributed by atoms with Gasteiger partial charge in [0.1, 0.15) is 11.6 Å². The molecule has 0 spiro atoms. The number of nitrogens with one attached hydrogen (secondary N) is 1. The normalized spacial score (nSPS) is 16.9. The molecule has 0 aromatic heterocycles. The van der Waals surface area contributed by atoms with E-state index < -0.39 is 17.7 Å². The van der Waals surface area contributed by atoms with Crippen molar-refractivity contribution >= 4 is 12.0 Å². The molecule has 2 rings (SSSR count). The molecule has 0 bridgehead atoms. The maximum Gasteiger partial charge on any atom is 0.408 e. The molecule has 150 valence electrons. The summed E-state index contributed by atoms with van der Waals surface area (Å²) in [6.45, 7) is 13.2. The number of carbonyl (C=O) groups excluding carboxylic acids is 2. The minimum absolute atomic E-state index is 0.00707. The molecule has 0 saturated carbocycles. The highest BCUT2D eigenvalue weighted by Gasteiger charge is 2.32. The first kappa shape index (κ1) is 21.2. The average molecular weight is 376 g/mol. The molecule has 1 aliphatic rings. The van der Waals surface area contributed by atoms with E-state index in [2.05, 4.69) is 22.3 Å². The summed E-state index contributed by atoms with van der Waals surface area (Å²) in [5.41, 5.74) is 0.696. The maximum atomic E-state index is 12.9. The van der Waals surface area contributed by atoms with Gasteiger partial charge in [-0.15, -0.1) is 0 Å². The SMILES string of the molecule is CC(C)C(NC(=O)OC(C)(C)C)C(=O)N1CCN(Cc2ccccc2)CC1. The van der Waals surface area contributed by atoms with Crippen molar-refractivity contribution in [1.29, 1.82) is 0 Å². The Balaban J connectivity index is 1.88. The molecule has 1 aliphatic heterocycles. The van der Waals surface area contributed by atoms with Crippen LogP contribution in [0.5, 0.6) is 0 Å². The lowest BCUT2D eigenvalue weighted by Gasteiger charge is -2.37. The predicted octanol–water partition coefficient (Wildman–Crippen LogP) is 2.88. The van der Waals surface area contributed by atoms with Gasteiger partial charge in [-0.1, -0.05) is 44.2 Å². The van der Waals surface area contributed by atoms with Gasteiger partial charge in [-0.3, -0.25) is 9.69 Å². The Bertz CT molecular complexity index is 617. The standard InChI is InChI=1S/C21H33N3O3/c1-16(2)18(22-20(26)27-21(3,4)5)19(25)24-13-11-23(12-14-24)15-17-9-7-6-8-10-17/h6-10,16,18H,11-15H2,1-5H3,(H,22,26). The Kier molecular flexibility index (Phi) is 7.25. The van der Waals surface area contributed by atoms with Crippen LogP contribution >= 0.6 is 0 Å². The Morgan fingerprint density at radius 3 is 2.19 bits per heavy atom. The number of ether oxygens (including phenoxy) is 1. The van der Waals surface area contributed by atoms with Gasteiger partial charge in [-0.25, -0.2) is 4.79 Å². The quantitative estimate of drug-likeness (QED) is 0.860. The summed E-state index contributed by atoms with van der Waals surface area (Å²) in [7, 11) is 0. The number of alkyl carbamates (subject to hydrolysis) is 1. The summed E-state index contributed by atoms with van der Waals surface area (Å²) in [4.78, 5) is 29.2. The van der Waals surface area contributed by atoms with Gasteiger partial charge in [0, 0.05) is 32.7 Å². The number of carbonyl (C=O) groups is 2. The van der Waals surface area contributed by atoms with Crippen molar-refractivity contribution in [2.75, 3.05) is 26.2 Å². The van der Waals surface area contributed by atoms with Crippen LogP contribution in [0, 0.1) is 5.92 Å². The van der Waals surface area contributed by atoms with Crippen LogP contribution in [0.2, 0.25) is 0 Å². The Hall–Kier alpha value is -2.08. The van der Waals surface area contributed by atoms with Crippen molar-refractivity contribution in [3.8, 4) is 0 Å². The molecular weight excluding hydrogens is 342 g/mol. The fourth-order valence-corrected chi connectivity index (χ4v) is 3.11. The molecule has 1 heterocycles. The second-order valence-corrected chi connectivity index (χ2v) is 8.45. The first-order chi connectivity index (χ1) is 12.7. The van der Waals surface area contributed by atoms with E-state index in [9.17, 15) is 9.59 Å². The summed E-state index contributed by atoms with van der Waals surface area (Å²) in [6.07, 6.45) is -0.544. The molecule has 0 radical (unpaired) electrons. The minimum Gasteiger partial charge on any atom is -0.444 e. The molecule has 1 aromatic rings. The lowest BCUT2D eigenvalue weighted by molar-refractivity contribution is -0.136. The molecule has 6 heteroatoms. The third-order valence-electron chi connectivity index (χ3n) is 4.54. The Morgan fingerprint density at radius 2 is 1.67 bits per heavy atom. The highest BCUT2D eigenvalue weighted by atomic mass is 16.6. The minimum atomic E-state index is -0.586. The van der Waals surface area contributed by atoms with E-state index in [4.69, 9.17) is 4.74 Å². The second-order valence-electron chi connectivity index (χ2n) is 8.45. The van der Waals surface area contributed by atoms with Crippen molar-refractivity contribution < 1.29 is 14.3 Å². The second kappa shape index (κ2) is 9.22. The number of amides is 2. The molecule has 1 fully saturated rings. The van der Waals surface area contributed by atoms with Crippen LogP contribution in [0.25, 0.3) is 0 Å². The van der Waals surface area contributed by atoms with Gasteiger partial charge in [0.2, 0.25) is 5.91 Å². The molecule has 6 nitrogen and oxygen atoms in total. The zero-order valence-electron chi connectivity index (χ0n) is 17.2. The number of hydrogen-bond acceptors (Lipinski definition) is 4. The number of piperazine rings is 1. The topological polar surface area (TPSA) is 61.9 Å². The Morgan fingerprint density at radius 1 is 1.07 bits per heavy atom. The van der Waals surface area contributed by atoms with E-state index in [1.165, 1.54) is 5.56 Å². The molecule has 0 aliphatic carbocycles. The van der Waals surface area contributed by atoms with Crippen LogP contribution in [0.4, 0.5) is 4.79 Å². The first-order valence-electron chi connectivity index (χ1n) is 9.70. The van der Waals surface area contributed by atoms with Crippen molar-refractivity contribution in [1.82, 2.24) is 15.1 Å². The van der Waals surface area contributed by atoms with Crippen molar-refractivity contribution in [2.24, 2.45) is 5.92 Å². The van der Waals surface area contributed by atoms with Crippen LogP contribution in [0.1, 0.15) is 40.2 Å². The zero-order chi connectivity index (χ0) is 20.0. The number of rotatable bonds is 5. The van der Waals surface area contributed by atoms with Gasteiger partial charge in [-0.2, -0.15) is 0 Å². The van der Waals surface area contributed by atoms with E-state index in [1.54, 1.807) is 0 Å². The third kappa shape index (κ3) is 6.86. The summed E-state index contributed by atoms with van der Waals surface area (Å²) < 4.78 is 5.31. The highest BCUT2D eigenvalue weighted by molar-refractivity contribution is 5.86. The summed E-state index contributed by atoms with van der Waals surface area (Å²) in [5, 5.41) is 2.76. The van der Waals surface area contributed by atoms with Gasteiger partial charge in [0.15, 0.2) is 0 Å².